The van der Waals surface area contributed by atoms with Gasteiger partial charge in [-0.15, -0.1) is 0 Å². The average molecular weight is 258 g/mol. The molecule has 1 aromatic rings. The second kappa shape index (κ2) is 17.9. The zero-order valence-corrected chi connectivity index (χ0v) is 11.4. The van der Waals surface area contributed by atoms with Crippen molar-refractivity contribution in [3.63, 3.8) is 0 Å². The van der Waals surface area contributed by atoms with E-state index in [4.69, 9.17) is 9.53 Å². The molecule has 5 nitrogen and oxygen atoms in total. The van der Waals surface area contributed by atoms with Gasteiger partial charge in [0.2, 0.25) is 0 Å². The first-order valence-electron chi connectivity index (χ1n) is 6.24. The highest BCUT2D eigenvalue weighted by atomic mass is 16.5. The Morgan fingerprint density at radius 3 is 1.67 bits per heavy atom. The second-order valence-electron chi connectivity index (χ2n) is 3.51. The van der Waals surface area contributed by atoms with Gasteiger partial charge in [-0.3, -0.25) is 0 Å². The van der Waals surface area contributed by atoms with Gasteiger partial charge in [0.05, 0.1) is 12.5 Å². The van der Waals surface area contributed by atoms with Gasteiger partial charge in [-0.25, -0.2) is 4.79 Å². The summed E-state index contributed by atoms with van der Waals surface area (Å²) in [6.07, 6.45) is 8.16. The number of primary amides is 2. The molecule has 18 heavy (non-hydrogen) atoms. The largest absolute Gasteiger partial charge is 0.473 e. The Kier molecular flexibility index (Phi) is 18.7. The summed E-state index contributed by atoms with van der Waals surface area (Å²) in [5.41, 5.74) is 8.50. The van der Waals surface area contributed by atoms with E-state index in [0.29, 0.717) is 0 Å². The smallest absolute Gasteiger partial charge is 0.309 e. The summed E-state index contributed by atoms with van der Waals surface area (Å²) >= 11 is 0. The maximum absolute atomic E-state index is 9.00. The highest BCUT2D eigenvalue weighted by Crippen LogP contribution is 1.91. The third kappa shape index (κ3) is 29.3. The van der Waals surface area contributed by atoms with E-state index in [0.717, 1.165) is 13.2 Å². The average Bonchev–Trinajstić information content (AvgIpc) is 2.87. The summed E-state index contributed by atoms with van der Waals surface area (Å²) in [5, 5.41) is 0. The molecule has 0 aliphatic carbocycles. The van der Waals surface area contributed by atoms with Crippen molar-refractivity contribution in [2.45, 2.75) is 39.5 Å². The van der Waals surface area contributed by atoms with E-state index in [1.165, 1.54) is 25.7 Å². The predicted molar refractivity (Wildman–Crippen MR) is 73.1 cm³/mol. The molecular weight excluding hydrogens is 232 g/mol. The van der Waals surface area contributed by atoms with Crippen LogP contribution in [0.2, 0.25) is 0 Å². The van der Waals surface area contributed by atoms with Gasteiger partial charge in [0, 0.05) is 13.2 Å². The molecule has 2 amide bonds. The van der Waals surface area contributed by atoms with E-state index in [2.05, 4.69) is 29.7 Å². The van der Waals surface area contributed by atoms with E-state index in [-0.39, 0.29) is 0 Å². The van der Waals surface area contributed by atoms with E-state index < -0.39 is 6.03 Å². The minimum absolute atomic E-state index is 0.833. The maximum atomic E-state index is 9.00. The topological polar surface area (TPSA) is 91.5 Å². The van der Waals surface area contributed by atoms with Gasteiger partial charge >= 0.3 is 6.03 Å². The normalized spacial score (nSPS) is 8.56. The number of furan rings is 1. The maximum Gasteiger partial charge on any atom is 0.309 e. The molecule has 0 aromatic carbocycles. The Labute approximate surface area is 109 Å². The van der Waals surface area contributed by atoms with Gasteiger partial charge in [0.1, 0.15) is 0 Å². The molecule has 0 spiro atoms. The summed E-state index contributed by atoms with van der Waals surface area (Å²) in [4.78, 5) is 9.00. The fourth-order valence-corrected chi connectivity index (χ4v) is 0.822. The highest BCUT2D eigenvalue weighted by Gasteiger charge is 1.84. The lowest BCUT2D eigenvalue weighted by molar-refractivity contribution is 0.128. The number of amides is 2. The fraction of sp³-hybridized carbons (Fsp3) is 0.615. The number of hydrogen-bond acceptors (Lipinski definition) is 3. The van der Waals surface area contributed by atoms with Crippen molar-refractivity contribution in [2.24, 2.45) is 11.5 Å². The third-order valence-corrected chi connectivity index (χ3v) is 1.71. The number of hydrogen-bond donors (Lipinski definition) is 2. The fourth-order valence-electron chi connectivity index (χ4n) is 0.822. The molecule has 1 rings (SSSR count). The van der Waals surface area contributed by atoms with Gasteiger partial charge in [-0.05, 0) is 25.0 Å². The van der Waals surface area contributed by atoms with Crippen molar-refractivity contribution in [1.82, 2.24) is 0 Å². The summed E-state index contributed by atoms with van der Waals surface area (Å²) in [6.45, 7) is 6.28. The predicted octanol–water partition coefficient (Wildman–Crippen LogP) is 2.91. The minimum Gasteiger partial charge on any atom is -0.473 e. The molecule has 0 radical (unpaired) electrons. The highest BCUT2D eigenvalue weighted by molar-refractivity contribution is 5.69. The molecule has 0 fully saturated rings. The molecule has 0 bridgehead atoms. The molecule has 0 aliphatic rings. The Bertz CT molecular complexity index is 211. The first-order valence-corrected chi connectivity index (χ1v) is 6.24. The van der Waals surface area contributed by atoms with Crippen LogP contribution in [-0.4, -0.2) is 19.2 Å². The van der Waals surface area contributed by atoms with Crippen LogP contribution in [0.4, 0.5) is 4.79 Å². The number of unbranched alkanes of at least 4 members (excludes halogenated alkanes) is 2. The lowest BCUT2D eigenvalue weighted by atomic mass is 10.3. The van der Waals surface area contributed by atoms with E-state index in [9.17, 15) is 0 Å². The zero-order valence-electron chi connectivity index (χ0n) is 11.4. The van der Waals surface area contributed by atoms with Crippen molar-refractivity contribution in [1.29, 1.82) is 0 Å². The van der Waals surface area contributed by atoms with Crippen LogP contribution < -0.4 is 11.5 Å². The molecule has 0 aliphatic heterocycles. The van der Waals surface area contributed by atoms with Crippen molar-refractivity contribution < 1.29 is 13.9 Å². The van der Waals surface area contributed by atoms with Crippen molar-refractivity contribution in [3.8, 4) is 0 Å². The Morgan fingerprint density at radius 1 is 1.06 bits per heavy atom. The van der Waals surface area contributed by atoms with E-state index in [1.807, 2.05) is 12.1 Å². The second-order valence-corrected chi connectivity index (χ2v) is 3.51. The Balaban J connectivity index is 0. The van der Waals surface area contributed by atoms with Gasteiger partial charge in [0.15, 0.2) is 0 Å². The zero-order chi connectivity index (χ0) is 14.1. The van der Waals surface area contributed by atoms with Crippen LogP contribution in [0.15, 0.2) is 29.1 Å². The molecule has 0 atom stereocenters. The number of ether oxygens (including phenoxy) is 1. The minimum atomic E-state index is -0.833. The molecular formula is C13H26N2O3. The SMILES string of the molecule is CCCCOCCCC.NC(N)=O.c1ccoc1. The number of nitrogens with two attached hydrogens (primary N) is 2. The summed E-state index contributed by atoms with van der Waals surface area (Å²) in [5.74, 6) is 0. The number of rotatable bonds is 6. The molecule has 0 saturated heterocycles. The van der Waals surface area contributed by atoms with E-state index in [1.54, 1.807) is 12.5 Å². The third-order valence-electron chi connectivity index (χ3n) is 1.71. The van der Waals surface area contributed by atoms with Crippen LogP contribution in [0, 0.1) is 0 Å². The summed E-state index contributed by atoms with van der Waals surface area (Å²) in [7, 11) is 0. The number of carbonyl (C=O) groups is 1. The molecule has 4 N–H and O–H groups in total. The Hall–Kier alpha value is -1.49. The van der Waals surface area contributed by atoms with Crippen LogP contribution in [0.25, 0.3) is 0 Å². The van der Waals surface area contributed by atoms with Crippen molar-refractivity contribution in [3.05, 3.63) is 24.7 Å². The molecule has 106 valence electrons. The van der Waals surface area contributed by atoms with Gasteiger partial charge < -0.3 is 20.6 Å². The number of urea groups is 1. The molecule has 5 heteroatoms. The molecule has 1 aromatic heterocycles. The monoisotopic (exact) mass is 258 g/mol. The summed E-state index contributed by atoms with van der Waals surface area (Å²) < 4.78 is 9.90. The van der Waals surface area contributed by atoms with Gasteiger partial charge in [0.25, 0.3) is 0 Å². The molecule has 1 heterocycles. The number of carbonyl (C=O) groups excluding carboxylic acids is 1. The first kappa shape index (κ1) is 18.9. The molecule has 0 unspecified atom stereocenters. The van der Waals surface area contributed by atoms with Gasteiger partial charge in [-0.1, -0.05) is 26.7 Å². The van der Waals surface area contributed by atoms with Crippen LogP contribution in [-0.2, 0) is 4.74 Å². The van der Waals surface area contributed by atoms with Crippen LogP contribution in [0.1, 0.15) is 39.5 Å². The van der Waals surface area contributed by atoms with Gasteiger partial charge in [-0.2, -0.15) is 0 Å². The van der Waals surface area contributed by atoms with Crippen LogP contribution >= 0.6 is 0 Å². The van der Waals surface area contributed by atoms with Crippen LogP contribution in [0.5, 0.6) is 0 Å². The first-order chi connectivity index (χ1) is 8.65. The van der Waals surface area contributed by atoms with Crippen LogP contribution in [0.3, 0.4) is 0 Å². The lowest BCUT2D eigenvalue weighted by Crippen LogP contribution is -2.18. The lowest BCUT2D eigenvalue weighted by Gasteiger charge is -1.99. The molecule has 0 saturated carbocycles. The van der Waals surface area contributed by atoms with Crippen molar-refractivity contribution >= 4 is 6.03 Å². The van der Waals surface area contributed by atoms with Crippen molar-refractivity contribution in [2.75, 3.05) is 13.2 Å². The quantitative estimate of drug-likeness (QED) is 0.768. The van der Waals surface area contributed by atoms with E-state index >= 15 is 0 Å². The Morgan fingerprint density at radius 2 is 1.44 bits per heavy atom. The summed E-state index contributed by atoms with van der Waals surface area (Å²) in [6, 6.07) is 2.83. The standard InChI is InChI=1S/C8H18O.C4H4O.CH4N2O/c1-3-5-7-9-8-6-4-2;1-2-4-5-3-1;2-1(3)4/h3-8H2,1-2H3;1-4H;(H4,2,3,4).